The predicted molar refractivity (Wildman–Crippen MR) is 50.7 cm³/mol. The summed E-state index contributed by atoms with van der Waals surface area (Å²) < 4.78 is 0. The number of carboxylic acids is 1. The number of nitrogens with two attached hydrogens (primary N) is 1. The Kier molecular flexibility index (Phi) is 7.57. The first-order valence-electron chi connectivity index (χ1n) is 4.08. The maximum Gasteiger partial charge on any atom is 0.335 e. The third-order valence-corrected chi connectivity index (χ3v) is 0.805. The van der Waals surface area contributed by atoms with Crippen LogP contribution in [0, 0.1) is 0 Å². The van der Waals surface area contributed by atoms with Gasteiger partial charge in [0.25, 0.3) is 0 Å². The lowest BCUT2D eigenvalue weighted by atomic mass is 10.1. The third-order valence-electron chi connectivity index (χ3n) is 0.805. The van der Waals surface area contributed by atoms with Crippen LogP contribution in [0.15, 0.2) is 0 Å². The second kappa shape index (κ2) is 6.72. The molecule has 0 heterocycles. The van der Waals surface area contributed by atoms with Gasteiger partial charge in [-0.05, 0) is 20.8 Å². The molecular formula is C8H19NO5. The molecule has 2 atom stereocenters. The molecule has 0 saturated carbocycles. The van der Waals surface area contributed by atoms with Gasteiger partial charge >= 0.3 is 5.97 Å². The van der Waals surface area contributed by atoms with Gasteiger partial charge in [-0.1, -0.05) is 0 Å². The van der Waals surface area contributed by atoms with Crippen molar-refractivity contribution in [2.24, 2.45) is 5.73 Å². The van der Waals surface area contributed by atoms with E-state index in [0.717, 1.165) is 0 Å². The molecule has 6 N–H and O–H groups in total. The van der Waals surface area contributed by atoms with Gasteiger partial charge in [-0.2, -0.15) is 0 Å². The van der Waals surface area contributed by atoms with Gasteiger partial charge in [-0.25, -0.2) is 4.79 Å². The highest BCUT2D eigenvalue weighted by atomic mass is 16.4. The highest BCUT2D eigenvalue weighted by Gasteiger charge is 2.21. The van der Waals surface area contributed by atoms with Crippen LogP contribution in [0.2, 0.25) is 0 Å². The van der Waals surface area contributed by atoms with E-state index in [1.807, 2.05) is 20.8 Å². The SMILES string of the molecule is CC(C)(C)N.O=C(O)[C@H](O)[C@@H](O)CO. The number of aliphatic hydroxyl groups is 3. The van der Waals surface area contributed by atoms with Crippen molar-refractivity contribution in [1.82, 2.24) is 0 Å². The van der Waals surface area contributed by atoms with Crippen LogP contribution in [-0.2, 0) is 4.79 Å². The molecule has 0 aromatic carbocycles. The van der Waals surface area contributed by atoms with Crippen LogP contribution < -0.4 is 5.73 Å². The minimum absolute atomic E-state index is 0. The van der Waals surface area contributed by atoms with Crippen LogP contribution in [0.25, 0.3) is 0 Å². The molecule has 0 spiro atoms. The molecule has 6 heteroatoms. The van der Waals surface area contributed by atoms with E-state index < -0.39 is 24.8 Å². The Morgan fingerprint density at radius 2 is 1.64 bits per heavy atom. The summed E-state index contributed by atoms with van der Waals surface area (Å²) in [6.07, 6.45) is -3.49. The number of hydrogen-bond acceptors (Lipinski definition) is 5. The average molecular weight is 209 g/mol. The van der Waals surface area contributed by atoms with E-state index in [-0.39, 0.29) is 5.54 Å². The Bertz CT molecular complexity index is 160. The zero-order chi connectivity index (χ0) is 11.9. The van der Waals surface area contributed by atoms with Gasteiger partial charge in [0.2, 0.25) is 0 Å². The summed E-state index contributed by atoms with van der Waals surface area (Å²) in [5.74, 6) is -1.54. The summed E-state index contributed by atoms with van der Waals surface area (Å²) >= 11 is 0. The van der Waals surface area contributed by atoms with Crippen LogP contribution in [0.5, 0.6) is 0 Å². The highest BCUT2D eigenvalue weighted by molar-refractivity contribution is 5.72. The Hall–Kier alpha value is -0.690. The normalized spacial score (nSPS) is 15.1. The van der Waals surface area contributed by atoms with Crippen LogP contribution in [0.1, 0.15) is 20.8 Å². The Morgan fingerprint density at radius 3 is 1.71 bits per heavy atom. The molecule has 0 rings (SSSR count). The molecule has 6 nitrogen and oxygen atoms in total. The summed E-state index contributed by atoms with van der Waals surface area (Å²) in [5.41, 5.74) is 5.35. The lowest BCUT2D eigenvalue weighted by Gasteiger charge is -2.09. The molecule has 0 aliphatic carbocycles. The van der Waals surface area contributed by atoms with Gasteiger partial charge in [-0.3, -0.25) is 0 Å². The van der Waals surface area contributed by atoms with Gasteiger partial charge in [0.05, 0.1) is 6.61 Å². The summed E-state index contributed by atoms with van der Waals surface area (Å²) in [5, 5.41) is 32.8. The maximum atomic E-state index is 9.78. The van der Waals surface area contributed by atoms with Crippen molar-refractivity contribution >= 4 is 5.97 Å². The fourth-order valence-electron chi connectivity index (χ4n) is 0.264. The fraction of sp³-hybridized carbons (Fsp3) is 0.875. The van der Waals surface area contributed by atoms with E-state index in [4.69, 9.17) is 26.2 Å². The van der Waals surface area contributed by atoms with Gasteiger partial charge in [0.15, 0.2) is 6.10 Å². The number of aliphatic hydroxyl groups excluding tert-OH is 3. The van der Waals surface area contributed by atoms with Crippen LogP contribution in [-0.4, -0.2) is 50.7 Å². The summed E-state index contributed by atoms with van der Waals surface area (Å²) in [6.45, 7) is 5.14. The summed E-state index contributed by atoms with van der Waals surface area (Å²) in [7, 11) is 0. The van der Waals surface area contributed by atoms with Crippen LogP contribution in [0.3, 0.4) is 0 Å². The molecule has 0 unspecified atom stereocenters. The monoisotopic (exact) mass is 209 g/mol. The molecular weight excluding hydrogens is 190 g/mol. The third kappa shape index (κ3) is 13.9. The molecule has 0 saturated heterocycles. The minimum atomic E-state index is -1.89. The Labute approximate surface area is 83.0 Å². The Balaban J connectivity index is 0. The van der Waals surface area contributed by atoms with Gasteiger partial charge < -0.3 is 26.2 Å². The average Bonchev–Trinajstić information content (AvgIpc) is 1.98. The van der Waals surface area contributed by atoms with E-state index in [0.29, 0.717) is 0 Å². The van der Waals surface area contributed by atoms with Crippen molar-refractivity contribution in [2.45, 2.75) is 38.5 Å². The Morgan fingerprint density at radius 1 is 1.36 bits per heavy atom. The van der Waals surface area contributed by atoms with Crippen LogP contribution >= 0.6 is 0 Å². The second-order valence-corrected chi connectivity index (χ2v) is 3.90. The lowest BCUT2D eigenvalue weighted by molar-refractivity contribution is -0.154. The number of carbonyl (C=O) groups is 1. The predicted octanol–water partition coefficient (Wildman–Crippen LogP) is -1.47. The summed E-state index contributed by atoms with van der Waals surface area (Å²) in [6, 6.07) is 0. The molecule has 0 aliphatic rings. The molecule has 86 valence electrons. The first-order chi connectivity index (χ1) is 6.09. The van der Waals surface area contributed by atoms with Gasteiger partial charge in [0.1, 0.15) is 6.10 Å². The fourth-order valence-corrected chi connectivity index (χ4v) is 0.264. The minimum Gasteiger partial charge on any atom is -0.479 e. The second-order valence-electron chi connectivity index (χ2n) is 3.90. The topological polar surface area (TPSA) is 124 Å². The molecule has 0 aliphatic heterocycles. The first kappa shape index (κ1) is 15.8. The number of hydrogen-bond donors (Lipinski definition) is 5. The molecule has 0 aromatic heterocycles. The molecule has 0 amide bonds. The van der Waals surface area contributed by atoms with Gasteiger partial charge in [-0.15, -0.1) is 0 Å². The standard InChI is InChI=1S/C4H11N.C4H8O5/c1-4(2,3)5;5-1-2(6)3(7)4(8)9/h5H2,1-3H3;2-3,5-7H,1H2,(H,8,9)/t;2-,3+/m.0/s1. The van der Waals surface area contributed by atoms with Crippen LogP contribution in [0.4, 0.5) is 0 Å². The number of carboxylic acid groups (broad SMARTS) is 1. The number of rotatable bonds is 3. The quantitative estimate of drug-likeness (QED) is 0.386. The summed E-state index contributed by atoms with van der Waals surface area (Å²) in [4.78, 5) is 9.78. The molecule has 0 fully saturated rings. The molecule has 0 radical (unpaired) electrons. The van der Waals surface area contributed by atoms with Crippen molar-refractivity contribution < 1.29 is 25.2 Å². The van der Waals surface area contributed by atoms with Crippen molar-refractivity contribution in [2.75, 3.05) is 6.61 Å². The highest BCUT2D eigenvalue weighted by Crippen LogP contribution is 1.90. The van der Waals surface area contributed by atoms with E-state index >= 15 is 0 Å². The van der Waals surface area contributed by atoms with E-state index in [9.17, 15) is 4.79 Å². The van der Waals surface area contributed by atoms with E-state index in [1.54, 1.807) is 0 Å². The largest absolute Gasteiger partial charge is 0.479 e. The van der Waals surface area contributed by atoms with E-state index in [1.165, 1.54) is 0 Å². The molecule has 0 bridgehead atoms. The molecule has 14 heavy (non-hydrogen) atoms. The van der Waals surface area contributed by atoms with Crippen molar-refractivity contribution in [3.05, 3.63) is 0 Å². The smallest absolute Gasteiger partial charge is 0.335 e. The maximum absolute atomic E-state index is 9.78. The van der Waals surface area contributed by atoms with Crippen molar-refractivity contribution in [1.29, 1.82) is 0 Å². The van der Waals surface area contributed by atoms with Gasteiger partial charge in [0, 0.05) is 5.54 Å². The zero-order valence-corrected chi connectivity index (χ0v) is 8.64. The van der Waals surface area contributed by atoms with E-state index in [2.05, 4.69) is 0 Å². The lowest BCUT2D eigenvalue weighted by Crippen LogP contribution is -2.36. The van der Waals surface area contributed by atoms with Crippen molar-refractivity contribution in [3.63, 3.8) is 0 Å². The molecule has 0 aromatic rings. The van der Waals surface area contributed by atoms with Crippen molar-refractivity contribution in [3.8, 4) is 0 Å². The first-order valence-corrected chi connectivity index (χ1v) is 4.08. The number of aliphatic carboxylic acids is 1. The zero-order valence-electron chi connectivity index (χ0n) is 8.64.